The van der Waals surface area contributed by atoms with Gasteiger partial charge in [-0.05, 0) is 53.3 Å². The average molecular weight is 381 g/mol. The molecule has 0 fully saturated rings. The van der Waals surface area contributed by atoms with Gasteiger partial charge in [0.25, 0.3) is 0 Å². The second-order valence-corrected chi connectivity index (χ2v) is 7.15. The highest BCUT2D eigenvalue weighted by atomic mass is 16.5. The Labute approximate surface area is 164 Å². The Hall–Kier alpha value is -3.02. The molecule has 6 nitrogen and oxygen atoms in total. The Balaban J connectivity index is 2.00. The van der Waals surface area contributed by atoms with Gasteiger partial charge in [0.1, 0.15) is 5.75 Å². The van der Waals surface area contributed by atoms with E-state index in [9.17, 15) is 9.59 Å². The standard InChI is InChI=1S/C22H23NO5/c1-12(24)23-8-7-15-10-19(26-3)22(27-4)21-17-11-16(28-13(2)25)6-5-14(17)9-18(23)20(15)21/h5-6,10-11,18H,7-9H2,1-4H3/t18-/m1/s1. The lowest BCUT2D eigenvalue weighted by atomic mass is 9.76. The van der Waals surface area contributed by atoms with Crippen LogP contribution in [0.5, 0.6) is 17.2 Å². The van der Waals surface area contributed by atoms with Crippen LogP contribution >= 0.6 is 0 Å². The molecule has 28 heavy (non-hydrogen) atoms. The van der Waals surface area contributed by atoms with Gasteiger partial charge in [0.15, 0.2) is 11.5 Å². The molecule has 0 aromatic heterocycles. The van der Waals surface area contributed by atoms with Crippen molar-refractivity contribution < 1.29 is 23.8 Å². The van der Waals surface area contributed by atoms with Crippen molar-refractivity contribution >= 4 is 11.9 Å². The molecule has 0 saturated carbocycles. The Morgan fingerprint density at radius 2 is 1.86 bits per heavy atom. The Morgan fingerprint density at radius 1 is 1.07 bits per heavy atom. The van der Waals surface area contributed by atoms with Gasteiger partial charge in [-0.15, -0.1) is 0 Å². The molecule has 1 aliphatic heterocycles. The Kier molecular flexibility index (Phi) is 4.49. The van der Waals surface area contributed by atoms with Crippen LogP contribution in [0.15, 0.2) is 24.3 Å². The third kappa shape index (κ3) is 2.80. The van der Waals surface area contributed by atoms with Gasteiger partial charge in [0.05, 0.1) is 20.3 Å². The zero-order valence-electron chi connectivity index (χ0n) is 16.5. The monoisotopic (exact) mass is 381 g/mol. The number of benzene rings is 2. The van der Waals surface area contributed by atoms with Crippen molar-refractivity contribution in [1.82, 2.24) is 4.90 Å². The molecule has 0 N–H and O–H groups in total. The van der Waals surface area contributed by atoms with Crippen molar-refractivity contribution in [1.29, 1.82) is 0 Å². The number of amides is 1. The summed E-state index contributed by atoms with van der Waals surface area (Å²) in [7, 11) is 3.24. The number of hydrogen-bond donors (Lipinski definition) is 0. The molecule has 1 aliphatic carbocycles. The maximum atomic E-state index is 12.3. The zero-order valence-corrected chi connectivity index (χ0v) is 16.5. The molecular weight excluding hydrogens is 358 g/mol. The van der Waals surface area contributed by atoms with Crippen LogP contribution in [0.1, 0.15) is 36.6 Å². The van der Waals surface area contributed by atoms with E-state index in [-0.39, 0.29) is 17.9 Å². The van der Waals surface area contributed by atoms with Gasteiger partial charge in [-0.1, -0.05) is 6.07 Å². The summed E-state index contributed by atoms with van der Waals surface area (Å²) in [6, 6.07) is 7.60. The molecule has 0 radical (unpaired) electrons. The molecule has 146 valence electrons. The number of nitrogens with zero attached hydrogens (tertiary/aromatic N) is 1. The minimum absolute atomic E-state index is 0.0388. The Morgan fingerprint density at radius 3 is 2.50 bits per heavy atom. The normalized spacial score (nSPS) is 16.7. The summed E-state index contributed by atoms with van der Waals surface area (Å²) in [5.74, 6) is 1.49. The van der Waals surface area contributed by atoms with Crippen molar-refractivity contribution in [2.75, 3.05) is 20.8 Å². The van der Waals surface area contributed by atoms with Crippen molar-refractivity contribution in [3.63, 3.8) is 0 Å². The van der Waals surface area contributed by atoms with Crippen LogP contribution in [0.25, 0.3) is 11.1 Å². The van der Waals surface area contributed by atoms with Crippen LogP contribution in [-0.4, -0.2) is 37.5 Å². The van der Waals surface area contributed by atoms with Gasteiger partial charge < -0.3 is 19.1 Å². The molecule has 0 bridgehead atoms. The summed E-state index contributed by atoms with van der Waals surface area (Å²) in [5, 5.41) is 0. The van der Waals surface area contributed by atoms with E-state index in [4.69, 9.17) is 14.2 Å². The van der Waals surface area contributed by atoms with Gasteiger partial charge >= 0.3 is 5.97 Å². The van der Waals surface area contributed by atoms with Crippen LogP contribution in [0.3, 0.4) is 0 Å². The van der Waals surface area contributed by atoms with Crippen LogP contribution in [-0.2, 0) is 22.4 Å². The van der Waals surface area contributed by atoms with Crippen molar-refractivity contribution in [3.8, 4) is 28.4 Å². The number of hydrogen-bond acceptors (Lipinski definition) is 5. The molecule has 1 atom stereocenters. The quantitative estimate of drug-likeness (QED) is 0.603. The van der Waals surface area contributed by atoms with Crippen LogP contribution in [0.4, 0.5) is 0 Å². The first-order valence-corrected chi connectivity index (χ1v) is 9.31. The molecule has 2 aliphatic rings. The summed E-state index contributed by atoms with van der Waals surface area (Å²) in [6.07, 6.45) is 1.47. The largest absolute Gasteiger partial charge is 0.493 e. The van der Waals surface area contributed by atoms with E-state index in [2.05, 4.69) is 0 Å². The Bertz CT molecular complexity index is 981. The minimum atomic E-state index is -0.365. The topological polar surface area (TPSA) is 65.1 Å². The number of esters is 1. The third-order valence-electron chi connectivity index (χ3n) is 5.56. The molecule has 1 amide bonds. The molecule has 4 rings (SSSR count). The number of carbonyl (C=O) groups is 2. The number of ether oxygens (including phenoxy) is 3. The van der Waals surface area contributed by atoms with E-state index in [1.807, 2.05) is 23.1 Å². The zero-order chi connectivity index (χ0) is 20.0. The van der Waals surface area contributed by atoms with Gasteiger partial charge in [0, 0.05) is 26.0 Å². The van der Waals surface area contributed by atoms with Crippen molar-refractivity contribution in [2.24, 2.45) is 0 Å². The molecule has 2 aromatic carbocycles. The fourth-order valence-electron chi connectivity index (χ4n) is 4.46. The highest BCUT2D eigenvalue weighted by Crippen LogP contribution is 2.53. The SMILES string of the molecule is COc1cc2c3c(c1OC)-c1cc(OC(C)=O)ccc1C[C@H]3N(C(C)=O)CC2. The van der Waals surface area contributed by atoms with E-state index >= 15 is 0 Å². The van der Waals surface area contributed by atoms with E-state index in [1.165, 1.54) is 12.5 Å². The lowest BCUT2D eigenvalue weighted by Gasteiger charge is -2.42. The van der Waals surface area contributed by atoms with Crippen LogP contribution in [0.2, 0.25) is 0 Å². The molecular formula is C22H23NO5. The third-order valence-corrected chi connectivity index (χ3v) is 5.56. The predicted molar refractivity (Wildman–Crippen MR) is 104 cm³/mol. The maximum absolute atomic E-state index is 12.3. The van der Waals surface area contributed by atoms with E-state index in [1.54, 1.807) is 27.2 Å². The fraction of sp³-hybridized carbons (Fsp3) is 0.364. The number of methoxy groups -OCH3 is 2. The summed E-state index contributed by atoms with van der Waals surface area (Å²) < 4.78 is 16.6. The first-order chi connectivity index (χ1) is 13.4. The second kappa shape index (κ2) is 6.86. The van der Waals surface area contributed by atoms with Crippen molar-refractivity contribution in [3.05, 3.63) is 41.0 Å². The molecule has 0 spiro atoms. The van der Waals surface area contributed by atoms with Crippen LogP contribution in [0, 0.1) is 0 Å². The summed E-state index contributed by atoms with van der Waals surface area (Å²) >= 11 is 0. The summed E-state index contributed by atoms with van der Waals surface area (Å²) in [5.41, 5.74) is 5.22. The second-order valence-electron chi connectivity index (χ2n) is 7.15. The maximum Gasteiger partial charge on any atom is 0.308 e. The van der Waals surface area contributed by atoms with E-state index in [0.717, 1.165) is 28.7 Å². The number of rotatable bonds is 3. The predicted octanol–water partition coefficient (Wildman–Crippen LogP) is 3.30. The van der Waals surface area contributed by atoms with Crippen molar-refractivity contribution in [2.45, 2.75) is 32.7 Å². The number of fused-ring (bicyclic) bond motifs is 2. The van der Waals surface area contributed by atoms with Gasteiger partial charge in [0.2, 0.25) is 5.91 Å². The van der Waals surface area contributed by atoms with Gasteiger partial charge in [-0.3, -0.25) is 9.59 Å². The van der Waals surface area contributed by atoms with E-state index in [0.29, 0.717) is 30.2 Å². The highest BCUT2D eigenvalue weighted by Gasteiger charge is 2.38. The fourth-order valence-corrected chi connectivity index (χ4v) is 4.46. The first-order valence-electron chi connectivity index (χ1n) is 9.31. The van der Waals surface area contributed by atoms with Gasteiger partial charge in [-0.2, -0.15) is 0 Å². The molecule has 2 aromatic rings. The molecule has 0 saturated heterocycles. The average Bonchev–Trinajstić information content (AvgIpc) is 2.67. The molecule has 0 unspecified atom stereocenters. The highest BCUT2D eigenvalue weighted by molar-refractivity contribution is 5.86. The minimum Gasteiger partial charge on any atom is -0.493 e. The summed E-state index contributed by atoms with van der Waals surface area (Å²) in [4.78, 5) is 25.6. The smallest absolute Gasteiger partial charge is 0.308 e. The number of carbonyl (C=O) groups excluding carboxylic acids is 2. The van der Waals surface area contributed by atoms with Gasteiger partial charge in [-0.25, -0.2) is 0 Å². The van der Waals surface area contributed by atoms with E-state index < -0.39 is 0 Å². The lowest BCUT2D eigenvalue weighted by Crippen LogP contribution is -2.41. The first kappa shape index (κ1) is 18.3. The molecule has 1 heterocycles. The van der Waals surface area contributed by atoms with Crippen LogP contribution < -0.4 is 14.2 Å². The molecule has 6 heteroatoms. The summed E-state index contributed by atoms with van der Waals surface area (Å²) in [6.45, 7) is 3.68. The lowest BCUT2D eigenvalue weighted by molar-refractivity contribution is -0.132.